The number of nitrogens with two attached hydrogens (primary N) is 1. The number of aromatic nitrogens is 2. The van der Waals surface area contributed by atoms with Crippen LogP contribution in [-0.4, -0.2) is 9.55 Å². The number of anilines is 1. The molecule has 2 N–H and O–H groups in total. The topological polar surface area (TPSA) is 43.8 Å². The van der Waals surface area contributed by atoms with Crippen LogP contribution in [0.3, 0.4) is 0 Å². The molecule has 3 aromatic rings. The molecule has 0 amide bonds. The number of hydrogen-bond acceptors (Lipinski definition) is 2. The van der Waals surface area contributed by atoms with Crippen LogP contribution in [-0.2, 0) is 0 Å². The Hall–Kier alpha value is -1.52. The predicted octanol–water partition coefficient (Wildman–Crippen LogP) is 5.04. The van der Waals surface area contributed by atoms with Crippen molar-refractivity contribution in [3.63, 3.8) is 0 Å². The van der Waals surface area contributed by atoms with E-state index in [4.69, 9.17) is 22.3 Å². The summed E-state index contributed by atoms with van der Waals surface area (Å²) in [7, 11) is 0. The first-order valence-electron chi connectivity index (χ1n) is 6.87. The quantitative estimate of drug-likeness (QED) is 0.649. The van der Waals surface area contributed by atoms with Crippen molar-refractivity contribution < 1.29 is 0 Å². The van der Waals surface area contributed by atoms with Gasteiger partial charge in [0.25, 0.3) is 0 Å². The molecule has 0 spiro atoms. The van der Waals surface area contributed by atoms with Crippen molar-refractivity contribution in [1.29, 1.82) is 0 Å². The van der Waals surface area contributed by atoms with Crippen molar-refractivity contribution in [2.24, 2.45) is 0 Å². The third kappa shape index (κ3) is 2.14. The van der Waals surface area contributed by atoms with E-state index in [0.717, 1.165) is 32.6 Å². The molecule has 0 atom stereocenters. The molecule has 1 fully saturated rings. The number of benzene rings is 2. The zero-order valence-corrected chi connectivity index (χ0v) is 13.5. The summed E-state index contributed by atoms with van der Waals surface area (Å²) >= 11 is 9.59. The number of fused-ring (bicyclic) bond motifs is 1. The van der Waals surface area contributed by atoms with Gasteiger partial charge < -0.3 is 10.3 Å². The Balaban J connectivity index is 2.03. The Morgan fingerprint density at radius 1 is 1.24 bits per heavy atom. The minimum Gasteiger partial charge on any atom is -0.397 e. The lowest BCUT2D eigenvalue weighted by molar-refractivity contribution is 0.775. The highest BCUT2D eigenvalue weighted by molar-refractivity contribution is 9.10. The molecule has 0 saturated heterocycles. The molecule has 2 aromatic carbocycles. The zero-order chi connectivity index (χ0) is 14.6. The minimum absolute atomic E-state index is 0.518. The average Bonchev–Trinajstić information content (AvgIpc) is 3.23. The normalized spacial score (nSPS) is 14.8. The highest BCUT2D eigenvalue weighted by atomic mass is 79.9. The Bertz CT molecular complexity index is 852. The van der Waals surface area contributed by atoms with E-state index in [1.165, 1.54) is 12.8 Å². The molecule has 0 aliphatic heterocycles. The summed E-state index contributed by atoms with van der Waals surface area (Å²) < 4.78 is 3.19. The fourth-order valence-corrected chi connectivity index (χ4v) is 3.23. The summed E-state index contributed by atoms with van der Waals surface area (Å²) in [6.07, 6.45) is 2.38. The molecule has 1 aromatic heterocycles. The summed E-state index contributed by atoms with van der Waals surface area (Å²) in [5.41, 5.74) is 9.96. The molecule has 0 radical (unpaired) electrons. The molecule has 1 aliphatic rings. The number of halogens is 2. The Labute approximate surface area is 135 Å². The molecule has 106 valence electrons. The van der Waals surface area contributed by atoms with Crippen LogP contribution in [0.5, 0.6) is 0 Å². The van der Waals surface area contributed by atoms with E-state index in [1.807, 2.05) is 36.4 Å². The molecule has 4 rings (SSSR count). The second-order valence-electron chi connectivity index (χ2n) is 5.37. The molecule has 1 aliphatic carbocycles. The van der Waals surface area contributed by atoms with Gasteiger partial charge in [-0.3, -0.25) is 0 Å². The smallest absolute Gasteiger partial charge is 0.143 e. The molecule has 21 heavy (non-hydrogen) atoms. The lowest BCUT2D eigenvalue weighted by Gasteiger charge is -2.10. The van der Waals surface area contributed by atoms with E-state index in [0.29, 0.717) is 11.1 Å². The summed E-state index contributed by atoms with van der Waals surface area (Å²) in [6, 6.07) is 12.3. The van der Waals surface area contributed by atoms with E-state index in [1.54, 1.807) is 0 Å². The third-order valence-electron chi connectivity index (χ3n) is 3.86. The van der Waals surface area contributed by atoms with Crippen molar-refractivity contribution in [1.82, 2.24) is 9.55 Å². The van der Waals surface area contributed by atoms with E-state index >= 15 is 0 Å². The first kappa shape index (κ1) is 13.2. The van der Waals surface area contributed by atoms with Gasteiger partial charge in [-0.25, -0.2) is 4.98 Å². The fraction of sp³-hybridized carbons (Fsp3) is 0.188. The number of nitrogen functional groups attached to an aromatic ring is 1. The predicted molar refractivity (Wildman–Crippen MR) is 90.6 cm³/mol. The maximum Gasteiger partial charge on any atom is 0.143 e. The Morgan fingerprint density at radius 2 is 2.05 bits per heavy atom. The van der Waals surface area contributed by atoms with Gasteiger partial charge in [0.05, 0.1) is 16.7 Å². The Kier molecular flexibility index (Phi) is 2.98. The maximum absolute atomic E-state index is 6.23. The van der Waals surface area contributed by atoms with Gasteiger partial charge in [0.1, 0.15) is 5.82 Å². The number of imidazole rings is 1. The number of hydrogen-bond donors (Lipinski definition) is 1. The monoisotopic (exact) mass is 361 g/mol. The fourth-order valence-electron chi connectivity index (χ4n) is 2.70. The maximum atomic E-state index is 6.23. The minimum atomic E-state index is 0.518. The summed E-state index contributed by atoms with van der Waals surface area (Å²) in [4.78, 5) is 4.78. The van der Waals surface area contributed by atoms with Gasteiger partial charge >= 0.3 is 0 Å². The van der Waals surface area contributed by atoms with Gasteiger partial charge in [0, 0.05) is 21.1 Å². The number of para-hydroxylation sites is 1. The van der Waals surface area contributed by atoms with Crippen molar-refractivity contribution >= 4 is 44.3 Å². The average molecular weight is 363 g/mol. The second kappa shape index (κ2) is 4.75. The zero-order valence-electron chi connectivity index (χ0n) is 11.2. The third-order valence-corrected chi connectivity index (χ3v) is 4.78. The largest absolute Gasteiger partial charge is 0.397 e. The van der Waals surface area contributed by atoms with E-state index in [-0.39, 0.29) is 0 Å². The van der Waals surface area contributed by atoms with Crippen LogP contribution < -0.4 is 5.73 Å². The van der Waals surface area contributed by atoms with Crippen molar-refractivity contribution in [2.45, 2.75) is 18.9 Å². The SMILES string of the molecule is Nc1c(Br)cccc1-c1nc2cc(Cl)ccc2n1C1CC1. The first-order chi connectivity index (χ1) is 10.1. The number of nitrogens with zero attached hydrogens (tertiary/aromatic N) is 2. The molecule has 1 saturated carbocycles. The summed E-state index contributed by atoms with van der Waals surface area (Å²) in [5, 5.41) is 0.705. The highest BCUT2D eigenvalue weighted by Crippen LogP contribution is 2.43. The van der Waals surface area contributed by atoms with Crippen LogP contribution in [0.1, 0.15) is 18.9 Å². The van der Waals surface area contributed by atoms with Crippen LogP contribution in [0, 0.1) is 0 Å². The molecule has 0 bridgehead atoms. The van der Waals surface area contributed by atoms with Gasteiger partial charge in [-0.1, -0.05) is 17.7 Å². The van der Waals surface area contributed by atoms with E-state index < -0.39 is 0 Å². The van der Waals surface area contributed by atoms with Crippen LogP contribution >= 0.6 is 27.5 Å². The highest BCUT2D eigenvalue weighted by Gasteiger charge is 2.29. The molecule has 5 heteroatoms. The second-order valence-corrected chi connectivity index (χ2v) is 6.66. The van der Waals surface area contributed by atoms with Gasteiger partial charge in [-0.15, -0.1) is 0 Å². The van der Waals surface area contributed by atoms with E-state index in [2.05, 4.69) is 20.5 Å². The summed E-state index contributed by atoms with van der Waals surface area (Å²) in [6.45, 7) is 0. The van der Waals surface area contributed by atoms with Gasteiger partial charge in [-0.2, -0.15) is 0 Å². The van der Waals surface area contributed by atoms with Gasteiger partial charge in [-0.05, 0) is 59.1 Å². The molecule has 1 heterocycles. The lowest BCUT2D eigenvalue weighted by Crippen LogP contribution is -2.00. The van der Waals surface area contributed by atoms with Crippen molar-refractivity contribution in [3.8, 4) is 11.4 Å². The molecule has 3 nitrogen and oxygen atoms in total. The Morgan fingerprint density at radius 3 is 2.81 bits per heavy atom. The summed E-state index contributed by atoms with van der Waals surface area (Å²) in [5.74, 6) is 0.925. The van der Waals surface area contributed by atoms with Gasteiger partial charge in [0.2, 0.25) is 0 Å². The molecular formula is C16H13BrClN3. The van der Waals surface area contributed by atoms with Crippen LogP contribution in [0.15, 0.2) is 40.9 Å². The van der Waals surface area contributed by atoms with Crippen molar-refractivity contribution in [3.05, 3.63) is 45.9 Å². The molecular weight excluding hydrogens is 350 g/mol. The van der Waals surface area contributed by atoms with E-state index in [9.17, 15) is 0 Å². The number of rotatable bonds is 2. The first-order valence-corrected chi connectivity index (χ1v) is 8.04. The van der Waals surface area contributed by atoms with Crippen LogP contribution in [0.4, 0.5) is 5.69 Å². The van der Waals surface area contributed by atoms with Crippen LogP contribution in [0.2, 0.25) is 5.02 Å². The molecule has 0 unspecified atom stereocenters. The van der Waals surface area contributed by atoms with Crippen LogP contribution in [0.25, 0.3) is 22.4 Å². The lowest BCUT2D eigenvalue weighted by atomic mass is 10.1. The van der Waals surface area contributed by atoms with Gasteiger partial charge in [0.15, 0.2) is 0 Å². The van der Waals surface area contributed by atoms with Crippen molar-refractivity contribution in [2.75, 3.05) is 5.73 Å². The standard InChI is InChI=1S/C16H13BrClN3/c17-12-3-1-2-11(15(12)19)16-20-13-8-9(18)4-7-14(13)21(16)10-5-6-10/h1-4,7-8,10H,5-6,19H2.